The van der Waals surface area contributed by atoms with Crippen molar-refractivity contribution < 1.29 is 19.1 Å². The highest BCUT2D eigenvalue weighted by Gasteiger charge is 2.36. The number of aliphatic imine (C=N–C) groups is 1. The Hall–Kier alpha value is -3.92. The largest absolute Gasteiger partial charge is 0.494 e. The molecule has 4 rings (SSSR count). The van der Waals surface area contributed by atoms with Crippen LogP contribution in [-0.2, 0) is 27.3 Å². The highest BCUT2D eigenvalue weighted by molar-refractivity contribution is 6.01. The molecule has 43 heavy (non-hydrogen) atoms. The summed E-state index contributed by atoms with van der Waals surface area (Å²) in [6.45, 7) is 5.18. The molecule has 2 aromatic rings. The zero-order chi connectivity index (χ0) is 30.6. The van der Waals surface area contributed by atoms with Crippen molar-refractivity contribution in [3.8, 4) is 5.75 Å². The maximum absolute atomic E-state index is 13.1. The zero-order valence-electron chi connectivity index (χ0n) is 25.6. The number of hydrogen-bond donors (Lipinski definition) is 2. The molecule has 0 aromatic heterocycles. The number of nitrogens with two attached hydrogens (primary N) is 1. The lowest BCUT2D eigenvalue weighted by Crippen LogP contribution is -2.61. The van der Waals surface area contributed by atoms with Gasteiger partial charge in [-0.1, -0.05) is 56.5 Å². The van der Waals surface area contributed by atoms with Gasteiger partial charge in [0.25, 0.3) is 5.91 Å². The normalized spacial score (nSPS) is 15.7. The summed E-state index contributed by atoms with van der Waals surface area (Å²) in [5, 5.41) is 2.96. The van der Waals surface area contributed by atoms with Gasteiger partial charge in [0.1, 0.15) is 5.75 Å². The lowest BCUT2D eigenvalue weighted by Gasteiger charge is -2.42. The lowest BCUT2D eigenvalue weighted by molar-refractivity contribution is -0.130. The first kappa shape index (κ1) is 32.0. The van der Waals surface area contributed by atoms with Crippen LogP contribution in [0.2, 0.25) is 0 Å². The average molecular weight is 591 g/mol. The standard InChI is InChI=1S/C33H46N6O4/c1-3-4-9-18-37(2)30(41)15-12-21-43-27-16-17-28-26(23-27)24-39(32(31(34)42)38-19-10-6-11-20-38)33(35-28)36-29(40)22-25-13-7-5-8-14-25/h5,7-8,13-14,16-17,23,32H,3-4,6,9-12,15,18-22,24H2,1-2H3,(H2,34,42)(H,35,36,40). The molecular weight excluding hydrogens is 544 g/mol. The van der Waals surface area contributed by atoms with Crippen LogP contribution >= 0.6 is 0 Å². The van der Waals surface area contributed by atoms with Gasteiger partial charge in [0.15, 0.2) is 6.17 Å². The minimum atomic E-state index is -0.742. The highest BCUT2D eigenvalue weighted by Crippen LogP contribution is 2.31. The van der Waals surface area contributed by atoms with Gasteiger partial charge in [0.05, 0.1) is 25.3 Å². The van der Waals surface area contributed by atoms with Crippen molar-refractivity contribution in [2.75, 3.05) is 33.3 Å². The molecule has 10 heteroatoms. The van der Waals surface area contributed by atoms with Crippen molar-refractivity contribution in [2.45, 2.75) is 77.4 Å². The van der Waals surface area contributed by atoms with E-state index in [-0.39, 0.29) is 18.2 Å². The number of guanidine groups is 1. The number of likely N-dealkylation sites (tertiary alicyclic amines) is 1. The van der Waals surface area contributed by atoms with Crippen LogP contribution in [0.3, 0.4) is 0 Å². The fourth-order valence-corrected chi connectivity index (χ4v) is 5.60. The molecule has 0 saturated carbocycles. The number of carbonyl (C=O) groups excluding carboxylic acids is 3. The van der Waals surface area contributed by atoms with E-state index in [1.165, 1.54) is 0 Å². The summed E-state index contributed by atoms with van der Waals surface area (Å²) in [6.07, 6.45) is 6.86. The van der Waals surface area contributed by atoms with Crippen molar-refractivity contribution in [3.05, 3.63) is 59.7 Å². The van der Waals surface area contributed by atoms with E-state index in [4.69, 9.17) is 15.5 Å². The van der Waals surface area contributed by atoms with Crippen LogP contribution in [0.1, 0.15) is 69.4 Å². The van der Waals surface area contributed by atoms with Crippen LogP contribution < -0.4 is 15.8 Å². The third-order valence-corrected chi connectivity index (χ3v) is 7.96. The first-order valence-corrected chi connectivity index (χ1v) is 15.6. The van der Waals surface area contributed by atoms with Crippen LogP contribution in [0.25, 0.3) is 0 Å². The smallest absolute Gasteiger partial charge is 0.255 e. The summed E-state index contributed by atoms with van der Waals surface area (Å²) in [6, 6.07) is 15.1. The molecule has 3 amide bonds. The topological polar surface area (TPSA) is 121 Å². The Morgan fingerprint density at radius 1 is 1.05 bits per heavy atom. The van der Waals surface area contributed by atoms with E-state index in [2.05, 4.69) is 17.1 Å². The fraction of sp³-hybridized carbons (Fsp3) is 0.515. The number of unbranched alkanes of at least 4 members (excludes halogenated alkanes) is 2. The molecule has 0 spiro atoms. The molecule has 2 heterocycles. The van der Waals surface area contributed by atoms with E-state index in [1.54, 1.807) is 9.80 Å². The van der Waals surface area contributed by atoms with Gasteiger partial charge in [-0.15, -0.1) is 0 Å². The van der Waals surface area contributed by atoms with E-state index >= 15 is 0 Å². The van der Waals surface area contributed by atoms with Crippen molar-refractivity contribution in [2.24, 2.45) is 10.7 Å². The predicted octanol–water partition coefficient (Wildman–Crippen LogP) is 3.95. The van der Waals surface area contributed by atoms with E-state index in [1.807, 2.05) is 55.6 Å². The minimum absolute atomic E-state index is 0.132. The number of nitrogens with one attached hydrogen (secondary N) is 1. The number of piperidine rings is 1. The van der Waals surface area contributed by atoms with Crippen LogP contribution in [-0.4, -0.2) is 77.8 Å². The molecule has 2 aliphatic rings. The number of amides is 3. The summed E-state index contributed by atoms with van der Waals surface area (Å²) >= 11 is 0. The Labute approximate surface area is 255 Å². The number of ether oxygens (including phenoxy) is 1. The molecular formula is C33H46N6O4. The first-order valence-electron chi connectivity index (χ1n) is 15.6. The molecule has 1 saturated heterocycles. The van der Waals surface area contributed by atoms with Gasteiger partial charge in [-0.3, -0.25) is 24.6 Å². The van der Waals surface area contributed by atoms with Gasteiger partial charge >= 0.3 is 0 Å². The number of benzene rings is 2. The monoisotopic (exact) mass is 590 g/mol. The fourth-order valence-electron chi connectivity index (χ4n) is 5.60. The molecule has 1 unspecified atom stereocenters. The maximum Gasteiger partial charge on any atom is 0.255 e. The van der Waals surface area contributed by atoms with E-state index in [9.17, 15) is 14.4 Å². The molecule has 232 valence electrons. The minimum Gasteiger partial charge on any atom is -0.494 e. The molecule has 2 aromatic carbocycles. The van der Waals surface area contributed by atoms with Crippen molar-refractivity contribution in [1.82, 2.24) is 20.0 Å². The van der Waals surface area contributed by atoms with Gasteiger partial charge in [-0.05, 0) is 49.4 Å². The molecule has 0 aliphatic carbocycles. The van der Waals surface area contributed by atoms with E-state index in [0.29, 0.717) is 43.4 Å². The molecule has 10 nitrogen and oxygen atoms in total. The van der Waals surface area contributed by atoms with Crippen LogP contribution in [0, 0.1) is 0 Å². The zero-order valence-corrected chi connectivity index (χ0v) is 25.6. The highest BCUT2D eigenvalue weighted by atomic mass is 16.5. The quantitative estimate of drug-likeness (QED) is 0.322. The third-order valence-electron chi connectivity index (χ3n) is 7.96. The second kappa shape index (κ2) is 16.1. The number of nitrogens with zero attached hydrogens (tertiary/aromatic N) is 4. The summed E-state index contributed by atoms with van der Waals surface area (Å²) in [4.78, 5) is 48.8. The number of carbonyl (C=O) groups is 3. The van der Waals surface area contributed by atoms with Crippen LogP contribution in [0.4, 0.5) is 5.69 Å². The summed E-state index contributed by atoms with van der Waals surface area (Å²) < 4.78 is 6.01. The Balaban J connectivity index is 1.46. The molecule has 0 bridgehead atoms. The van der Waals surface area contributed by atoms with Gasteiger partial charge in [0, 0.05) is 38.7 Å². The number of hydrogen-bond acceptors (Lipinski definition) is 7. The van der Waals surface area contributed by atoms with Crippen molar-refractivity contribution in [3.63, 3.8) is 0 Å². The Morgan fingerprint density at radius 3 is 2.53 bits per heavy atom. The summed E-state index contributed by atoms with van der Waals surface area (Å²) in [5.74, 6) is 0.422. The van der Waals surface area contributed by atoms with Crippen molar-refractivity contribution in [1.29, 1.82) is 0 Å². The average Bonchev–Trinajstić information content (AvgIpc) is 3.00. The number of fused-ring (bicyclic) bond motifs is 1. The molecule has 1 fully saturated rings. The third kappa shape index (κ3) is 9.28. The van der Waals surface area contributed by atoms with Gasteiger partial charge < -0.3 is 20.3 Å². The Kier molecular flexibility index (Phi) is 12.0. The SMILES string of the molecule is CCCCCN(C)C(=O)CCCOc1ccc2c(c1)CN(C(C(N)=O)N1CCCCC1)C(NC(=O)Cc1ccccc1)=N2. The Bertz CT molecular complexity index is 1260. The molecule has 0 radical (unpaired) electrons. The second-order valence-electron chi connectivity index (χ2n) is 11.4. The van der Waals surface area contributed by atoms with Gasteiger partial charge in [-0.25, -0.2) is 4.99 Å². The van der Waals surface area contributed by atoms with E-state index < -0.39 is 12.1 Å². The van der Waals surface area contributed by atoms with Crippen molar-refractivity contribution >= 4 is 29.4 Å². The van der Waals surface area contributed by atoms with Crippen LogP contribution in [0.15, 0.2) is 53.5 Å². The van der Waals surface area contributed by atoms with Gasteiger partial charge in [0.2, 0.25) is 17.8 Å². The van der Waals surface area contributed by atoms with E-state index in [0.717, 1.165) is 69.3 Å². The number of rotatable bonds is 14. The Morgan fingerprint density at radius 2 is 1.81 bits per heavy atom. The second-order valence-corrected chi connectivity index (χ2v) is 11.4. The molecule has 3 N–H and O–H groups in total. The first-order chi connectivity index (χ1) is 20.9. The summed E-state index contributed by atoms with van der Waals surface area (Å²) in [5.41, 5.74) is 8.43. The summed E-state index contributed by atoms with van der Waals surface area (Å²) in [7, 11) is 1.86. The van der Waals surface area contributed by atoms with Gasteiger partial charge in [-0.2, -0.15) is 0 Å². The number of primary amides is 1. The van der Waals surface area contributed by atoms with Crippen LogP contribution in [0.5, 0.6) is 5.75 Å². The predicted molar refractivity (Wildman–Crippen MR) is 168 cm³/mol. The molecule has 1 atom stereocenters. The lowest BCUT2D eigenvalue weighted by atomic mass is 10.1. The molecule has 2 aliphatic heterocycles. The maximum atomic E-state index is 13.1.